The summed E-state index contributed by atoms with van der Waals surface area (Å²) in [6, 6.07) is 7.36. The molecule has 0 heterocycles. The maximum atomic E-state index is 11.9. The number of carbonyl (C=O) groups is 2. The fourth-order valence-electron chi connectivity index (χ4n) is 1.64. The van der Waals surface area contributed by atoms with Crippen LogP contribution in [0.2, 0.25) is 0 Å². The Morgan fingerprint density at radius 3 is 2.50 bits per heavy atom. The van der Waals surface area contributed by atoms with Gasteiger partial charge >= 0.3 is 0 Å². The molecule has 2 amide bonds. The Balaban J connectivity index is 2.28. The molecule has 0 radical (unpaired) electrons. The molecule has 0 bridgehead atoms. The number of benzene rings is 1. The Hall–Kier alpha value is -2.35. The molecule has 0 aliphatic rings. The van der Waals surface area contributed by atoms with Gasteiger partial charge < -0.3 is 10.6 Å². The van der Waals surface area contributed by atoms with Gasteiger partial charge in [0.1, 0.15) is 6.42 Å². The largest absolute Gasteiger partial charge is 0.355 e. The summed E-state index contributed by atoms with van der Waals surface area (Å²) < 4.78 is 0. The van der Waals surface area contributed by atoms with E-state index in [0.717, 1.165) is 11.1 Å². The highest BCUT2D eigenvalue weighted by Crippen LogP contribution is 2.09. The molecular formula is C15H19N3O2. The van der Waals surface area contributed by atoms with E-state index >= 15 is 0 Å². The molecule has 0 saturated heterocycles. The summed E-state index contributed by atoms with van der Waals surface area (Å²) in [5, 5.41) is 13.7. The number of rotatable bonds is 6. The molecule has 0 unspecified atom stereocenters. The first-order chi connectivity index (χ1) is 9.54. The van der Waals surface area contributed by atoms with Crippen molar-refractivity contribution in [3.63, 3.8) is 0 Å². The SMILES string of the molecule is Cc1ccc(C(=O)NCCCNC(=O)CC#N)cc1C. The van der Waals surface area contributed by atoms with Gasteiger partial charge in [0, 0.05) is 18.7 Å². The van der Waals surface area contributed by atoms with E-state index in [1.165, 1.54) is 0 Å². The average molecular weight is 273 g/mol. The van der Waals surface area contributed by atoms with E-state index in [1.807, 2.05) is 26.0 Å². The normalized spacial score (nSPS) is 9.65. The quantitative estimate of drug-likeness (QED) is 0.770. The lowest BCUT2D eigenvalue weighted by atomic mass is 10.1. The molecule has 106 valence electrons. The molecule has 5 nitrogen and oxygen atoms in total. The fourth-order valence-corrected chi connectivity index (χ4v) is 1.64. The fraction of sp³-hybridized carbons (Fsp3) is 0.400. The smallest absolute Gasteiger partial charge is 0.251 e. The molecular weight excluding hydrogens is 254 g/mol. The minimum absolute atomic E-state index is 0.114. The van der Waals surface area contributed by atoms with Gasteiger partial charge in [-0.3, -0.25) is 9.59 Å². The van der Waals surface area contributed by atoms with E-state index in [-0.39, 0.29) is 18.2 Å². The van der Waals surface area contributed by atoms with Crippen molar-refractivity contribution >= 4 is 11.8 Å². The Bertz CT molecular complexity index is 532. The summed E-state index contributed by atoms with van der Waals surface area (Å²) in [4.78, 5) is 22.9. The molecule has 0 aliphatic heterocycles. The zero-order valence-corrected chi connectivity index (χ0v) is 11.8. The molecule has 0 atom stereocenters. The zero-order chi connectivity index (χ0) is 15.0. The Kier molecular flexibility index (Phi) is 6.24. The summed E-state index contributed by atoms with van der Waals surface area (Å²) in [6.45, 7) is 4.91. The van der Waals surface area contributed by atoms with Crippen molar-refractivity contribution in [2.24, 2.45) is 0 Å². The van der Waals surface area contributed by atoms with Crippen LogP contribution in [0.15, 0.2) is 18.2 Å². The van der Waals surface area contributed by atoms with Crippen LogP contribution >= 0.6 is 0 Å². The summed E-state index contributed by atoms with van der Waals surface area (Å²) in [5.41, 5.74) is 2.88. The molecule has 5 heteroatoms. The lowest BCUT2D eigenvalue weighted by Gasteiger charge is -2.07. The van der Waals surface area contributed by atoms with Crippen LogP contribution in [0, 0.1) is 25.2 Å². The van der Waals surface area contributed by atoms with Crippen LogP contribution in [-0.4, -0.2) is 24.9 Å². The molecule has 20 heavy (non-hydrogen) atoms. The van der Waals surface area contributed by atoms with Crippen LogP contribution < -0.4 is 10.6 Å². The number of carbonyl (C=O) groups excluding carboxylic acids is 2. The third-order valence-electron chi connectivity index (χ3n) is 2.97. The number of hydrogen-bond donors (Lipinski definition) is 2. The van der Waals surface area contributed by atoms with Gasteiger partial charge in [-0.2, -0.15) is 5.26 Å². The third kappa shape index (κ3) is 5.11. The van der Waals surface area contributed by atoms with Crippen LogP contribution in [0.3, 0.4) is 0 Å². The second kappa shape index (κ2) is 7.95. The highest BCUT2D eigenvalue weighted by atomic mass is 16.2. The number of nitrogens with one attached hydrogen (secondary N) is 2. The van der Waals surface area contributed by atoms with Gasteiger partial charge in [-0.05, 0) is 43.5 Å². The Morgan fingerprint density at radius 1 is 1.15 bits per heavy atom. The maximum Gasteiger partial charge on any atom is 0.251 e. The van der Waals surface area contributed by atoms with Gasteiger partial charge in [-0.25, -0.2) is 0 Å². The molecule has 1 aromatic carbocycles. The molecule has 0 aromatic heterocycles. The van der Waals surface area contributed by atoms with E-state index in [2.05, 4.69) is 10.6 Å². The predicted octanol–water partition coefficient (Wildman–Crippen LogP) is 1.45. The van der Waals surface area contributed by atoms with E-state index < -0.39 is 0 Å². The highest BCUT2D eigenvalue weighted by Gasteiger charge is 2.05. The predicted molar refractivity (Wildman–Crippen MR) is 76.1 cm³/mol. The van der Waals surface area contributed by atoms with Crippen molar-refractivity contribution in [1.29, 1.82) is 5.26 Å². The number of nitrogens with zero attached hydrogens (tertiary/aromatic N) is 1. The van der Waals surface area contributed by atoms with Crippen molar-refractivity contribution in [3.05, 3.63) is 34.9 Å². The van der Waals surface area contributed by atoms with E-state index in [9.17, 15) is 9.59 Å². The van der Waals surface area contributed by atoms with Crippen LogP contribution in [0.25, 0.3) is 0 Å². The van der Waals surface area contributed by atoms with E-state index in [1.54, 1.807) is 12.1 Å². The van der Waals surface area contributed by atoms with Crippen molar-refractivity contribution in [2.75, 3.05) is 13.1 Å². The molecule has 2 N–H and O–H groups in total. The average Bonchev–Trinajstić information content (AvgIpc) is 2.41. The van der Waals surface area contributed by atoms with Crippen LogP contribution in [0.1, 0.15) is 34.3 Å². The first kappa shape index (κ1) is 15.7. The third-order valence-corrected chi connectivity index (χ3v) is 2.97. The highest BCUT2D eigenvalue weighted by molar-refractivity contribution is 5.94. The maximum absolute atomic E-state index is 11.9. The van der Waals surface area contributed by atoms with Crippen LogP contribution in [0.5, 0.6) is 0 Å². The molecule has 0 aliphatic carbocycles. The summed E-state index contributed by atoms with van der Waals surface area (Å²) >= 11 is 0. The molecule has 1 aromatic rings. The number of hydrogen-bond acceptors (Lipinski definition) is 3. The standard InChI is InChI=1S/C15H19N3O2/c1-11-4-5-13(10-12(11)2)15(20)18-9-3-8-17-14(19)6-7-16/h4-5,10H,3,6,8-9H2,1-2H3,(H,17,19)(H,18,20). The minimum Gasteiger partial charge on any atom is -0.355 e. The molecule has 1 rings (SSSR count). The van der Waals surface area contributed by atoms with Gasteiger partial charge in [0.2, 0.25) is 5.91 Å². The first-order valence-corrected chi connectivity index (χ1v) is 6.53. The lowest BCUT2D eigenvalue weighted by Crippen LogP contribution is -2.29. The van der Waals surface area contributed by atoms with E-state index in [4.69, 9.17) is 5.26 Å². The van der Waals surface area contributed by atoms with Crippen LogP contribution in [-0.2, 0) is 4.79 Å². The Morgan fingerprint density at radius 2 is 1.85 bits per heavy atom. The number of aryl methyl sites for hydroxylation is 2. The second-order valence-corrected chi connectivity index (χ2v) is 4.59. The molecule has 0 spiro atoms. The number of nitriles is 1. The monoisotopic (exact) mass is 273 g/mol. The second-order valence-electron chi connectivity index (χ2n) is 4.59. The lowest BCUT2D eigenvalue weighted by molar-refractivity contribution is -0.120. The van der Waals surface area contributed by atoms with Gasteiger partial charge in [0.25, 0.3) is 5.91 Å². The number of amides is 2. The van der Waals surface area contributed by atoms with Gasteiger partial charge in [0.05, 0.1) is 6.07 Å². The topological polar surface area (TPSA) is 82.0 Å². The van der Waals surface area contributed by atoms with E-state index in [0.29, 0.717) is 25.1 Å². The molecule has 0 fully saturated rings. The minimum atomic E-state index is -0.284. The van der Waals surface area contributed by atoms with Crippen molar-refractivity contribution < 1.29 is 9.59 Å². The van der Waals surface area contributed by atoms with Crippen LogP contribution in [0.4, 0.5) is 0 Å². The zero-order valence-electron chi connectivity index (χ0n) is 11.8. The van der Waals surface area contributed by atoms with Crippen molar-refractivity contribution in [1.82, 2.24) is 10.6 Å². The summed E-state index contributed by atoms with van der Waals surface area (Å²) in [5.74, 6) is -0.399. The summed E-state index contributed by atoms with van der Waals surface area (Å²) in [6.07, 6.45) is 0.503. The van der Waals surface area contributed by atoms with Crippen molar-refractivity contribution in [2.45, 2.75) is 26.7 Å². The van der Waals surface area contributed by atoms with Gasteiger partial charge in [-0.15, -0.1) is 0 Å². The first-order valence-electron chi connectivity index (χ1n) is 6.53. The molecule has 0 saturated carbocycles. The van der Waals surface area contributed by atoms with Gasteiger partial charge in [-0.1, -0.05) is 6.07 Å². The van der Waals surface area contributed by atoms with Crippen molar-refractivity contribution in [3.8, 4) is 6.07 Å². The summed E-state index contributed by atoms with van der Waals surface area (Å²) in [7, 11) is 0. The van der Waals surface area contributed by atoms with Gasteiger partial charge in [0.15, 0.2) is 0 Å². The Labute approximate surface area is 119 Å².